The molecule has 8 heteroatoms. The fourth-order valence-electron chi connectivity index (χ4n) is 1.58. The summed E-state index contributed by atoms with van der Waals surface area (Å²) in [6, 6.07) is 2.60. The van der Waals surface area contributed by atoms with Crippen molar-refractivity contribution in [3.63, 3.8) is 0 Å². The van der Waals surface area contributed by atoms with Gasteiger partial charge in [-0.05, 0) is 12.5 Å². The van der Waals surface area contributed by atoms with E-state index < -0.39 is 11.9 Å². The number of halogens is 3. The Morgan fingerprint density at radius 1 is 1.24 bits per heavy atom. The van der Waals surface area contributed by atoms with Gasteiger partial charge in [-0.3, -0.25) is 0 Å². The van der Waals surface area contributed by atoms with E-state index in [0.29, 0.717) is 13.1 Å². The minimum atomic E-state index is -4.52. The van der Waals surface area contributed by atoms with Crippen LogP contribution in [0.25, 0.3) is 0 Å². The SMILES string of the molecule is CCCNc1nc(NCc2ccoc2)cc(C(F)(F)F)n1. The van der Waals surface area contributed by atoms with Gasteiger partial charge in [0.1, 0.15) is 5.82 Å². The van der Waals surface area contributed by atoms with Crippen LogP contribution in [0.4, 0.5) is 24.9 Å². The Morgan fingerprint density at radius 2 is 2.05 bits per heavy atom. The van der Waals surface area contributed by atoms with Gasteiger partial charge >= 0.3 is 6.18 Å². The summed E-state index contributed by atoms with van der Waals surface area (Å²) in [6.07, 6.45) is -0.753. The number of hydrogen-bond donors (Lipinski definition) is 2. The summed E-state index contributed by atoms with van der Waals surface area (Å²) in [4.78, 5) is 7.50. The van der Waals surface area contributed by atoms with Gasteiger partial charge in [-0.2, -0.15) is 18.2 Å². The van der Waals surface area contributed by atoms with Crippen LogP contribution in [-0.2, 0) is 12.7 Å². The minimum absolute atomic E-state index is 0.0404. The number of hydrogen-bond acceptors (Lipinski definition) is 5. The minimum Gasteiger partial charge on any atom is -0.472 e. The van der Waals surface area contributed by atoms with Gasteiger partial charge in [0, 0.05) is 24.7 Å². The van der Waals surface area contributed by atoms with Crippen molar-refractivity contribution in [1.29, 1.82) is 0 Å². The molecule has 0 bridgehead atoms. The van der Waals surface area contributed by atoms with Gasteiger partial charge < -0.3 is 15.1 Å². The summed E-state index contributed by atoms with van der Waals surface area (Å²) in [5.74, 6) is 0.0681. The molecule has 2 N–H and O–H groups in total. The Kier molecular flexibility index (Phi) is 4.66. The van der Waals surface area contributed by atoms with Crippen LogP contribution in [-0.4, -0.2) is 16.5 Å². The van der Waals surface area contributed by atoms with Gasteiger partial charge in [0.05, 0.1) is 12.5 Å². The first-order valence-corrected chi connectivity index (χ1v) is 6.44. The van der Waals surface area contributed by atoms with E-state index in [9.17, 15) is 13.2 Å². The molecule has 0 spiro atoms. The molecule has 2 aromatic heterocycles. The highest BCUT2D eigenvalue weighted by Crippen LogP contribution is 2.29. The third-order valence-electron chi connectivity index (χ3n) is 2.60. The molecule has 0 saturated carbocycles. The maximum absolute atomic E-state index is 12.8. The molecule has 0 radical (unpaired) electrons. The topological polar surface area (TPSA) is 63.0 Å². The van der Waals surface area contributed by atoms with E-state index in [0.717, 1.165) is 18.1 Å². The summed E-state index contributed by atoms with van der Waals surface area (Å²) >= 11 is 0. The van der Waals surface area contributed by atoms with Gasteiger partial charge in [-0.25, -0.2) is 4.98 Å². The molecular weight excluding hydrogens is 285 g/mol. The van der Waals surface area contributed by atoms with E-state index in [1.165, 1.54) is 12.5 Å². The molecule has 2 heterocycles. The maximum Gasteiger partial charge on any atom is 0.433 e. The predicted octanol–water partition coefficient (Wildman–Crippen LogP) is 3.52. The lowest BCUT2D eigenvalue weighted by Crippen LogP contribution is -2.14. The molecule has 0 unspecified atom stereocenters. The molecular formula is C13H15F3N4O. The van der Waals surface area contributed by atoms with Crippen LogP contribution in [0.5, 0.6) is 0 Å². The normalized spacial score (nSPS) is 11.4. The quantitative estimate of drug-likeness (QED) is 0.854. The van der Waals surface area contributed by atoms with Gasteiger partial charge in [-0.15, -0.1) is 0 Å². The molecule has 0 atom stereocenters. The van der Waals surface area contributed by atoms with Crippen LogP contribution in [0.2, 0.25) is 0 Å². The summed E-state index contributed by atoms with van der Waals surface area (Å²) in [5, 5.41) is 5.58. The maximum atomic E-state index is 12.8. The number of aromatic nitrogens is 2. The Bertz CT molecular complexity index is 569. The van der Waals surface area contributed by atoms with Gasteiger partial charge in [0.2, 0.25) is 5.95 Å². The van der Waals surface area contributed by atoms with Crippen molar-refractivity contribution in [2.75, 3.05) is 17.2 Å². The van der Waals surface area contributed by atoms with Crippen molar-refractivity contribution in [1.82, 2.24) is 9.97 Å². The second kappa shape index (κ2) is 6.47. The Balaban J connectivity index is 2.17. The molecule has 0 amide bonds. The largest absolute Gasteiger partial charge is 0.472 e. The summed E-state index contributed by atoms with van der Waals surface area (Å²) < 4.78 is 43.4. The number of alkyl halides is 3. The lowest BCUT2D eigenvalue weighted by Gasteiger charge is -2.12. The first-order chi connectivity index (χ1) is 9.99. The zero-order chi connectivity index (χ0) is 15.3. The van der Waals surface area contributed by atoms with Crippen molar-refractivity contribution in [3.8, 4) is 0 Å². The van der Waals surface area contributed by atoms with Crippen LogP contribution in [0.1, 0.15) is 24.6 Å². The van der Waals surface area contributed by atoms with E-state index in [1.807, 2.05) is 6.92 Å². The van der Waals surface area contributed by atoms with Gasteiger partial charge in [0.25, 0.3) is 0 Å². The van der Waals surface area contributed by atoms with Crippen LogP contribution < -0.4 is 10.6 Å². The molecule has 2 rings (SSSR count). The molecule has 5 nitrogen and oxygen atoms in total. The molecule has 0 fully saturated rings. The zero-order valence-electron chi connectivity index (χ0n) is 11.4. The molecule has 114 valence electrons. The number of anilines is 2. The van der Waals surface area contributed by atoms with Crippen LogP contribution in [0.3, 0.4) is 0 Å². The standard InChI is InChI=1S/C13H15F3N4O/c1-2-4-17-12-19-10(13(14,15)16)6-11(20-12)18-7-9-3-5-21-8-9/h3,5-6,8H,2,4,7H2,1H3,(H2,17,18,19,20). The van der Waals surface area contributed by atoms with Crippen molar-refractivity contribution < 1.29 is 17.6 Å². The molecule has 21 heavy (non-hydrogen) atoms. The fourth-order valence-corrected chi connectivity index (χ4v) is 1.58. The summed E-state index contributed by atoms with van der Waals surface area (Å²) in [7, 11) is 0. The lowest BCUT2D eigenvalue weighted by atomic mass is 10.3. The van der Waals surface area contributed by atoms with Gasteiger partial charge in [-0.1, -0.05) is 6.92 Å². The van der Waals surface area contributed by atoms with E-state index in [2.05, 4.69) is 20.6 Å². The Hall–Kier alpha value is -2.25. The molecule has 2 aromatic rings. The highest BCUT2D eigenvalue weighted by atomic mass is 19.4. The van der Waals surface area contributed by atoms with Crippen molar-refractivity contribution >= 4 is 11.8 Å². The monoisotopic (exact) mass is 300 g/mol. The van der Waals surface area contributed by atoms with Crippen LogP contribution in [0.15, 0.2) is 29.1 Å². The molecule has 0 aliphatic carbocycles. The molecule has 0 aromatic carbocycles. The molecule has 0 saturated heterocycles. The van der Waals surface area contributed by atoms with Crippen molar-refractivity contribution in [3.05, 3.63) is 35.9 Å². The van der Waals surface area contributed by atoms with Crippen molar-refractivity contribution in [2.24, 2.45) is 0 Å². The Labute approximate surface area is 119 Å². The number of nitrogens with zero attached hydrogens (tertiary/aromatic N) is 2. The number of nitrogens with one attached hydrogen (secondary N) is 2. The Morgan fingerprint density at radius 3 is 2.67 bits per heavy atom. The van der Waals surface area contributed by atoms with Crippen molar-refractivity contribution in [2.45, 2.75) is 26.1 Å². The third-order valence-corrected chi connectivity index (χ3v) is 2.60. The van der Waals surface area contributed by atoms with E-state index in [4.69, 9.17) is 4.42 Å². The van der Waals surface area contributed by atoms with E-state index >= 15 is 0 Å². The highest BCUT2D eigenvalue weighted by Gasteiger charge is 2.33. The number of furan rings is 1. The molecule has 0 aliphatic rings. The van der Waals surface area contributed by atoms with Crippen LogP contribution in [0, 0.1) is 0 Å². The summed E-state index contributed by atoms with van der Waals surface area (Å²) in [6.45, 7) is 2.72. The van der Waals surface area contributed by atoms with E-state index in [-0.39, 0.29) is 11.8 Å². The van der Waals surface area contributed by atoms with Gasteiger partial charge in [0.15, 0.2) is 5.69 Å². The third kappa shape index (κ3) is 4.37. The lowest BCUT2D eigenvalue weighted by molar-refractivity contribution is -0.141. The fraction of sp³-hybridized carbons (Fsp3) is 0.385. The van der Waals surface area contributed by atoms with Crippen LogP contribution >= 0.6 is 0 Å². The predicted molar refractivity (Wildman–Crippen MR) is 71.8 cm³/mol. The zero-order valence-corrected chi connectivity index (χ0v) is 11.4. The molecule has 0 aliphatic heterocycles. The number of rotatable bonds is 6. The average Bonchev–Trinajstić information content (AvgIpc) is 2.95. The second-order valence-electron chi connectivity index (χ2n) is 4.37. The highest BCUT2D eigenvalue weighted by molar-refractivity contribution is 5.43. The smallest absolute Gasteiger partial charge is 0.433 e. The first-order valence-electron chi connectivity index (χ1n) is 6.44. The second-order valence-corrected chi connectivity index (χ2v) is 4.37. The summed E-state index contributed by atoms with van der Waals surface area (Å²) in [5.41, 5.74) is -0.170. The average molecular weight is 300 g/mol. The van der Waals surface area contributed by atoms with E-state index in [1.54, 1.807) is 6.07 Å². The first kappa shape index (κ1) is 15.1.